The predicted octanol–water partition coefficient (Wildman–Crippen LogP) is 3.54. The van der Waals surface area contributed by atoms with Crippen molar-refractivity contribution in [2.45, 2.75) is 6.92 Å². The smallest absolute Gasteiger partial charge is 0.259 e. The van der Waals surface area contributed by atoms with Crippen LogP contribution in [-0.2, 0) is 4.79 Å². The Hall–Kier alpha value is -3.39. The Morgan fingerprint density at radius 1 is 1.28 bits per heavy atom. The monoisotopic (exact) mass is 415 g/mol. The van der Waals surface area contributed by atoms with E-state index in [1.54, 1.807) is 32.2 Å². The highest BCUT2D eigenvalue weighted by Gasteiger charge is 2.13. The number of carbonyl (C=O) groups excluding carboxylic acids is 1. The van der Waals surface area contributed by atoms with Crippen LogP contribution in [0.5, 0.6) is 5.75 Å². The zero-order chi connectivity index (χ0) is 20.8. The van der Waals surface area contributed by atoms with Crippen LogP contribution >= 0.6 is 11.6 Å². The lowest BCUT2D eigenvalue weighted by Gasteiger charge is -2.09. The van der Waals surface area contributed by atoms with E-state index in [4.69, 9.17) is 16.3 Å². The molecule has 1 aromatic heterocycles. The standard InChI is InChI=1S/C20H19ClFN5O2/c1-13-16(20(21)27(26-13)15-9-7-14(22)8-10-15)11-24-25-19(28)12-23-17-5-3-4-6-18(17)29-2/h3-11,23H,12H2,1-2H3,(H,25,28)/b24-11-. The van der Waals surface area contributed by atoms with Crippen molar-refractivity contribution >= 4 is 29.4 Å². The second kappa shape index (κ2) is 9.20. The molecule has 0 aliphatic carbocycles. The summed E-state index contributed by atoms with van der Waals surface area (Å²) in [4.78, 5) is 12.0. The molecule has 0 bridgehead atoms. The van der Waals surface area contributed by atoms with Crippen LogP contribution < -0.4 is 15.5 Å². The minimum Gasteiger partial charge on any atom is -0.495 e. The molecule has 0 saturated heterocycles. The van der Waals surface area contributed by atoms with Crippen molar-refractivity contribution < 1.29 is 13.9 Å². The van der Waals surface area contributed by atoms with Crippen molar-refractivity contribution in [3.8, 4) is 11.4 Å². The summed E-state index contributed by atoms with van der Waals surface area (Å²) in [5, 5.41) is 11.6. The predicted molar refractivity (Wildman–Crippen MR) is 110 cm³/mol. The van der Waals surface area contributed by atoms with Crippen LogP contribution in [-0.4, -0.2) is 35.6 Å². The molecule has 0 unspecified atom stereocenters. The van der Waals surface area contributed by atoms with E-state index < -0.39 is 0 Å². The summed E-state index contributed by atoms with van der Waals surface area (Å²) in [6.45, 7) is 1.78. The number of nitrogens with one attached hydrogen (secondary N) is 2. The van der Waals surface area contributed by atoms with Gasteiger partial charge in [0, 0.05) is 0 Å². The Morgan fingerprint density at radius 3 is 2.72 bits per heavy atom. The fourth-order valence-electron chi connectivity index (χ4n) is 2.59. The zero-order valence-electron chi connectivity index (χ0n) is 15.8. The highest BCUT2D eigenvalue weighted by Crippen LogP contribution is 2.23. The molecule has 0 radical (unpaired) electrons. The van der Waals surface area contributed by atoms with E-state index in [-0.39, 0.29) is 18.3 Å². The zero-order valence-corrected chi connectivity index (χ0v) is 16.6. The van der Waals surface area contributed by atoms with Gasteiger partial charge in [0.15, 0.2) is 0 Å². The number of hydrazone groups is 1. The number of ether oxygens (including phenoxy) is 1. The first-order valence-electron chi connectivity index (χ1n) is 8.69. The van der Waals surface area contributed by atoms with Gasteiger partial charge in [-0.3, -0.25) is 4.79 Å². The van der Waals surface area contributed by atoms with Gasteiger partial charge in [-0.15, -0.1) is 0 Å². The topological polar surface area (TPSA) is 80.5 Å². The van der Waals surface area contributed by atoms with Crippen molar-refractivity contribution in [1.82, 2.24) is 15.2 Å². The normalized spacial score (nSPS) is 10.9. The van der Waals surface area contributed by atoms with Crippen LogP contribution in [0.2, 0.25) is 5.15 Å². The van der Waals surface area contributed by atoms with Gasteiger partial charge in [0.1, 0.15) is 16.7 Å². The number of carbonyl (C=O) groups is 1. The maximum absolute atomic E-state index is 13.1. The Morgan fingerprint density at radius 2 is 2.00 bits per heavy atom. The van der Waals surface area contributed by atoms with Gasteiger partial charge >= 0.3 is 0 Å². The van der Waals surface area contributed by atoms with E-state index in [0.29, 0.717) is 33.5 Å². The van der Waals surface area contributed by atoms with Gasteiger partial charge < -0.3 is 10.1 Å². The third kappa shape index (κ3) is 4.91. The molecule has 29 heavy (non-hydrogen) atoms. The van der Waals surface area contributed by atoms with E-state index in [9.17, 15) is 9.18 Å². The Kier molecular flexibility index (Phi) is 6.46. The number of anilines is 1. The van der Waals surface area contributed by atoms with E-state index in [1.807, 2.05) is 18.2 Å². The van der Waals surface area contributed by atoms with Crippen LogP contribution in [0.4, 0.5) is 10.1 Å². The number of hydrogen-bond donors (Lipinski definition) is 2. The molecule has 3 rings (SSSR count). The van der Waals surface area contributed by atoms with Crippen LogP contribution in [0.1, 0.15) is 11.3 Å². The molecule has 3 aromatic rings. The number of amides is 1. The minimum absolute atomic E-state index is 0.0132. The first kappa shape index (κ1) is 20.3. The van der Waals surface area contributed by atoms with E-state index in [1.165, 1.54) is 23.0 Å². The number of methoxy groups -OCH3 is 1. The number of benzene rings is 2. The SMILES string of the molecule is COc1ccccc1NCC(=O)N/N=C\c1c(C)nn(-c2ccc(F)cc2)c1Cl. The molecule has 2 aromatic carbocycles. The van der Waals surface area contributed by atoms with Crippen molar-refractivity contribution in [3.05, 3.63) is 70.8 Å². The van der Waals surface area contributed by atoms with Crippen LogP contribution in [0.15, 0.2) is 53.6 Å². The average Bonchev–Trinajstić information content (AvgIpc) is 3.01. The molecular weight excluding hydrogens is 397 g/mol. The highest BCUT2D eigenvalue weighted by atomic mass is 35.5. The number of rotatable bonds is 7. The lowest BCUT2D eigenvalue weighted by molar-refractivity contribution is -0.119. The van der Waals surface area contributed by atoms with Crippen LogP contribution in [0.25, 0.3) is 5.69 Å². The van der Waals surface area contributed by atoms with Crippen molar-refractivity contribution in [2.24, 2.45) is 5.10 Å². The van der Waals surface area contributed by atoms with Crippen molar-refractivity contribution in [1.29, 1.82) is 0 Å². The largest absolute Gasteiger partial charge is 0.495 e. The minimum atomic E-state index is -0.347. The molecule has 0 atom stereocenters. The summed E-state index contributed by atoms with van der Waals surface area (Å²) in [7, 11) is 1.56. The summed E-state index contributed by atoms with van der Waals surface area (Å²) in [6.07, 6.45) is 1.42. The fraction of sp³-hybridized carbons (Fsp3) is 0.150. The molecule has 2 N–H and O–H groups in total. The Labute approximate surface area is 172 Å². The van der Waals surface area contributed by atoms with Gasteiger partial charge in [-0.2, -0.15) is 10.2 Å². The molecule has 7 nitrogen and oxygen atoms in total. The second-order valence-electron chi connectivity index (χ2n) is 6.03. The summed E-state index contributed by atoms with van der Waals surface area (Å²) in [5.74, 6) is -0.0498. The summed E-state index contributed by atoms with van der Waals surface area (Å²) in [5.41, 5.74) is 4.91. The van der Waals surface area contributed by atoms with Gasteiger partial charge in [-0.25, -0.2) is 14.5 Å². The van der Waals surface area contributed by atoms with Gasteiger partial charge in [0.05, 0.1) is 42.5 Å². The van der Waals surface area contributed by atoms with Gasteiger partial charge in [-0.05, 0) is 43.3 Å². The molecule has 9 heteroatoms. The number of para-hydroxylation sites is 2. The maximum Gasteiger partial charge on any atom is 0.259 e. The molecule has 0 fully saturated rings. The lowest BCUT2D eigenvalue weighted by Crippen LogP contribution is -2.26. The lowest BCUT2D eigenvalue weighted by atomic mass is 10.3. The number of halogens is 2. The summed E-state index contributed by atoms with van der Waals surface area (Å²) >= 11 is 6.37. The first-order valence-corrected chi connectivity index (χ1v) is 9.07. The van der Waals surface area contributed by atoms with Crippen LogP contribution in [0, 0.1) is 12.7 Å². The number of aryl methyl sites for hydroxylation is 1. The number of aromatic nitrogens is 2. The van der Waals surface area contributed by atoms with Crippen molar-refractivity contribution in [3.63, 3.8) is 0 Å². The van der Waals surface area contributed by atoms with E-state index in [2.05, 4.69) is 20.9 Å². The Bertz CT molecular complexity index is 1030. The molecule has 0 aliphatic heterocycles. The quantitative estimate of drug-likeness (QED) is 0.457. The molecule has 0 aliphatic rings. The van der Waals surface area contributed by atoms with E-state index in [0.717, 1.165) is 0 Å². The fourth-order valence-corrected chi connectivity index (χ4v) is 2.91. The number of nitrogens with zero attached hydrogens (tertiary/aromatic N) is 3. The van der Waals surface area contributed by atoms with Crippen LogP contribution in [0.3, 0.4) is 0 Å². The van der Waals surface area contributed by atoms with Gasteiger partial charge in [-0.1, -0.05) is 23.7 Å². The molecule has 1 heterocycles. The van der Waals surface area contributed by atoms with Gasteiger partial charge in [0.25, 0.3) is 5.91 Å². The van der Waals surface area contributed by atoms with Gasteiger partial charge in [0.2, 0.25) is 0 Å². The maximum atomic E-state index is 13.1. The third-order valence-electron chi connectivity index (χ3n) is 4.05. The third-order valence-corrected chi connectivity index (χ3v) is 4.41. The molecule has 0 saturated carbocycles. The molecule has 0 spiro atoms. The summed E-state index contributed by atoms with van der Waals surface area (Å²) in [6, 6.07) is 13.1. The first-order chi connectivity index (χ1) is 14.0. The number of hydrogen-bond acceptors (Lipinski definition) is 5. The summed E-state index contributed by atoms with van der Waals surface area (Å²) < 4.78 is 19.8. The Balaban J connectivity index is 1.63. The highest BCUT2D eigenvalue weighted by molar-refractivity contribution is 6.32. The molecular formula is C20H19ClFN5O2. The average molecular weight is 416 g/mol. The second-order valence-corrected chi connectivity index (χ2v) is 6.38. The van der Waals surface area contributed by atoms with Crippen molar-refractivity contribution in [2.75, 3.05) is 19.0 Å². The molecule has 150 valence electrons. The molecule has 1 amide bonds. The van der Waals surface area contributed by atoms with E-state index >= 15 is 0 Å².